The molecule has 0 spiro atoms. The zero-order chi connectivity index (χ0) is 13.6. The molecule has 0 radical (unpaired) electrons. The lowest BCUT2D eigenvalue weighted by atomic mass is 9.86. The molecule has 1 heterocycles. The molecule has 1 saturated carbocycles. The van der Waals surface area contributed by atoms with Crippen molar-refractivity contribution in [1.82, 2.24) is 4.98 Å². The number of hydrogen-bond acceptors (Lipinski definition) is 3. The minimum absolute atomic E-state index is 0.536. The highest BCUT2D eigenvalue weighted by Gasteiger charge is 2.29. The van der Waals surface area contributed by atoms with Gasteiger partial charge in [0.15, 0.2) is 0 Å². The maximum Gasteiger partial charge on any atom is 0.309 e. The van der Waals surface area contributed by atoms with Crippen molar-refractivity contribution in [2.24, 2.45) is 5.41 Å². The first-order chi connectivity index (χ1) is 8.95. The Hall–Kier alpha value is -1.42. The van der Waals surface area contributed by atoms with Gasteiger partial charge in [0.2, 0.25) is 0 Å². The Morgan fingerprint density at radius 3 is 2.84 bits per heavy atom. The summed E-state index contributed by atoms with van der Waals surface area (Å²) in [7, 11) is 0. The summed E-state index contributed by atoms with van der Waals surface area (Å²) in [6.45, 7) is 3.52. The lowest BCUT2D eigenvalue weighted by Crippen LogP contribution is -2.26. The highest BCUT2D eigenvalue weighted by molar-refractivity contribution is 7.18. The monoisotopic (exact) mass is 275 g/mol. The minimum Gasteiger partial charge on any atom is -0.481 e. The predicted octanol–water partition coefficient (Wildman–Crippen LogP) is 3.83. The minimum atomic E-state index is -0.760. The molecule has 1 fully saturated rings. The van der Waals surface area contributed by atoms with Crippen LogP contribution < -0.4 is 0 Å². The van der Waals surface area contributed by atoms with Crippen LogP contribution in [0, 0.1) is 5.41 Å². The number of benzene rings is 1. The number of carboxylic acids is 1. The van der Waals surface area contributed by atoms with E-state index in [0.29, 0.717) is 12.3 Å². The first-order valence-electron chi connectivity index (χ1n) is 6.58. The van der Waals surface area contributed by atoms with Gasteiger partial charge in [0.25, 0.3) is 0 Å². The first kappa shape index (κ1) is 12.6. The van der Waals surface area contributed by atoms with Crippen LogP contribution in [0.4, 0.5) is 0 Å². The summed E-state index contributed by atoms with van der Waals surface area (Å²) >= 11 is 1.77. The van der Waals surface area contributed by atoms with Crippen molar-refractivity contribution in [2.45, 2.75) is 39.0 Å². The van der Waals surface area contributed by atoms with Gasteiger partial charge in [-0.1, -0.05) is 6.07 Å². The number of fused-ring (bicyclic) bond motifs is 1. The van der Waals surface area contributed by atoms with Gasteiger partial charge >= 0.3 is 5.97 Å². The molecule has 100 valence electrons. The van der Waals surface area contributed by atoms with Crippen LogP contribution in [0.25, 0.3) is 10.2 Å². The van der Waals surface area contributed by atoms with Crippen LogP contribution in [-0.2, 0) is 11.2 Å². The molecular weight excluding hydrogens is 258 g/mol. The van der Waals surface area contributed by atoms with E-state index in [0.717, 1.165) is 11.1 Å². The normalized spacial score (nSPS) is 15.9. The second-order valence-electron chi connectivity index (χ2n) is 5.99. The molecule has 19 heavy (non-hydrogen) atoms. The number of carbonyl (C=O) groups is 1. The van der Waals surface area contributed by atoms with Crippen molar-refractivity contribution in [3.8, 4) is 0 Å². The van der Waals surface area contributed by atoms with Gasteiger partial charge in [-0.2, -0.15) is 0 Å². The average Bonchev–Trinajstić information content (AvgIpc) is 3.09. The number of hydrogen-bond donors (Lipinski definition) is 1. The molecule has 0 unspecified atom stereocenters. The van der Waals surface area contributed by atoms with Crippen molar-refractivity contribution in [1.29, 1.82) is 0 Å². The fourth-order valence-corrected chi connectivity index (χ4v) is 3.31. The summed E-state index contributed by atoms with van der Waals surface area (Å²) in [6, 6.07) is 6.15. The molecule has 1 aliphatic rings. The van der Waals surface area contributed by atoms with Crippen molar-refractivity contribution in [2.75, 3.05) is 0 Å². The van der Waals surface area contributed by atoms with E-state index in [9.17, 15) is 9.90 Å². The number of rotatable bonds is 4. The SMILES string of the molecule is CC(C)(Cc1ccc2sc(C3CC3)nc2c1)C(=O)O. The Morgan fingerprint density at radius 1 is 1.47 bits per heavy atom. The Bertz CT molecular complexity index is 641. The molecule has 1 aliphatic carbocycles. The van der Waals surface area contributed by atoms with E-state index in [1.54, 1.807) is 25.2 Å². The number of carboxylic acid groups (broad SMARTS) is 1. The maximum atomic E-state index is 11.2. The van der Waals surface area contributed by atoms with E-state index in [1.165, 1.54) is 22.5 Å². The summed E-state index contributed by atoms with van der Waals surface area (Å²) in [5, 5.41) is 10.4. The summed E-state index contributed by atoms with van der Waals surface area (Å²) in [4.78, 5) is 15.9. The summed E-state index contributed by atoms with van der Waals surface area (Å²) < 4.78 is 1.21. The second kappa shape index (κ2) is 4.30. The van der Waals surface area contributed by atoms with E-state index in [2.05, 4.69) is 11.1 Å². The molecule has 1 aromatic carbocycles. The molecule has 3 rings (SSSR count). The van der Waals surface area contributed by atoms with E-state index in [1.807, 2.05) is 12.1 Å². The predicted molar refractivity (Wildman–Crippen MR) is 76.7 cm³/mol. The van der Waals surface area contributed by atoms with Crippen LogP contribution in [0.15, 0.2) is 18.2 Å². The van der Waals surface area contributed by atoms with Crippen molar-refractivity contribution in [3.05, 3.63) is 28.8 Å². The molecule has 3 nitrogen and oxygen atoms in total. The largest absolute Gasteiger partial charge is 0.481 e. The summed E-state index contributed by atoms with van der Waals surface area (Å²) in [5.41, 5.74) is 1.33. The van der Waals surface area contributed by atoms with Gasteiger partial charge in [-0.15, -0.1) is 11.3 Å². The zero-order valence-electron chi connectivity index (χ0n) is 11.1. The molecule has 4 heteroatoms. The third-order valence-electron chi connectivity index (χ3n) is 3.62. The molecule has 1 N–H and O–H groups in total. The fourth-order valence-electron chi connectivity index (χ4n) is 2.19. The van der Waals surface area contributed by atoms with Crippen LogP contribution in [0.5, 0.6) is 0 Å². The Balaban J connectivity index is 1.90. The van der Waals surface area contributed by atoms with Crippen molar-refractivity contribution < 1.29 is 9.90 Å². The van der Waals surface area contributed by atoms with Crippen molar-refractivity contribution in [3.63, 3.8) is 0 Å². The highest BCUT2D eigenvalue weighted by Crippen LogP contribution is 2.43. The third-order valence-corrected chi connectivity index (χ3v) is 4.82. The summed E-state index contributed by atoms with van der Waals surface area (Å²) in [6.07, 6.45) is 3.06. The van der Waals surface area contributed by atoms with Gasteiger partial charge in [-0.05, 0) is 50.8 Å². The second-order valence-corrected chi connectivity index (χ2v) is 7.06. The van der Waals surface area contributed by atoms with Gasteiger partial charge in [-0.25, -0.2) is 4.98 Å². The number of aliphatic carboxylic acids is 1. The smallest absolute Gasteiger partial charge is 0.309 e. The van der Waals surface area contributed by atoms with E-state index < -0.39 is 11.4 Å². The van der Waals surface area contributed by atoms with Gasteiger partial charge < -0.3 is 5.11 Å². The molecule has 0 bridgehead atoms. The molecule has 0 saturated heterocycles. The lowest BCUT2D eigenvalue weighted by molar-refractivity contribution is -0.146. The molecule has 0 aliphatic heterocycles. The first-order valence-corrected chi connectivity index (χ1v) is 7.40. The van der Waals surface area contributed by atoms with Crippen LogP contribution in [0.3, 0.4) is 0 Å². The molecule has 0 atom stereocenters. The van der Waals surface area contributed by atoms with E-state index >= 15 is 0 Å². The van der Waals surface area contributed by atoms with E-state index in [4.69, 9.17) is 0 Å². The van der Waals surface area contributed by atoms with Crippen LogP contribution in [-0.4, -0.2) is 16.1 Å². The van der Waals surface area contributed by atoms with Crippen molar-refractivity contribution >= 4 is 27.5 Å². The number of thiazole rings is 1. The quantitative estimate of drug-likeness (QED) is 0.922. The standard InChI is InChI=1S/C15H17NO2S/c1-15(2,14(17)18)8-9-3-6-12-11(7-9)16-13(19-12)10-4-5-10/h3,6-7,10H,4-5,8H2,1-2H3,(H,17,18). The highest BCUT2D eigenvalue weighted by atomic mass is 32.1. The Kier molecular flexibility index (Phi) is 2.86. The molecule has 1 aromatic heterocycles. The Labute approximate surface area is 116 Å². The molecule has 0 amide bonds. The summed E-state index contributed by atoms with van der Waals surface area (Å²) in [5.74, 6) is -0.0825. The molecular formula is C15H17NO2S. The van der Waals surface area contributed by atoms with Crippen LogP contribution in [0.2, 0.25) is 0 Å². The average molecular weight is 275 g/mol. The maximum absolute atomic E-state index is 11.2. The lowest BCUT2D eigenvalue weighted by Gasteiger charge is -2.18. The fraction of sp³-hybridized carbons (Fsp3) is 0.467. The third kappa shape index (κ3) is 2.50. The zero-order valence-corrected chi connectivity index (χ0v) is 12.0. The van der Waals surface area contributed by atoms with E-state index in [-0.39, 0.29) is 0 Å². The van der Waals surface area contributed by atoms with Crippen LogP contribution in [0.1, 0.15) is 43.2 Å². The Morgan fingerprint density at radius 2 is 2.21 bits per heavy atom. The number of nitrogens with zero attached hydrogens (tertiary/aromatic N) is 1. The number of aromatic nitrogens is 1. The molecule has 2 aromatic rings. The topological polar surface area (TPSA) is 50.2 Å². The van der Waals surface area contributed by atoms with Gasteiger partial charge in [0, 0.05) is 5.92 Å². The van der Waals surface area contributed by atoms with Gasteiger partial charge in [0.05, 0.1) is 20.6 Å². The van der Waals surface area contributed by atoms with Gasteiger partial charge in [-0.3, -0.25) is 4.79 Å². The van der Waals surface area contributed by atoms with Gasteiger partial charge in [0.1, 0.15) is 0 Å². The van der Waals surface area contributed by atoms with Crippen LogP contribution >= 0.6 is 11.3 Å².